The van der Waals surface area contributed by atoms with E-state index in [2.05, 4.69) is 38.5 Å². The van der Waals surface area contributed by atoms with Crippen molar-refractivity contribution in [3.63, 3.8) is 0 Å². The van der Waals surface area contributed by atoms with Gasteiger partial charge in [-0.2, -0.15) is 0 Å². The molecule has 6 nitrogen and oxygen atoms in total. The van der Waals surface area contributed by atoms with Crippen LogP contribution in [0, 0.1) is 9.39 Å². The van der Waals surface area contributed by atoms with Crippen LogP contribution >= 0.6 is 49.9 Å². The van der Waals surface area contributed by atoms with E-state index < -0.39 is 12.0 Å². The molecule has 10 heteroatoms. The summed E-state index contributed by atoms with van der Waals surface area (Å²) in [5.74, 6) is -0.338. The van der Waals surface area contributed by atoms with Crippen molar-refractivity contribution in [3.05, 3.63) is 128 Å². The minimum Gasteiger partial charge on any atom is -0.487 e. The molecule has 1 aliphatic rings. The van der Waals surface area contributed by atoms with Crippen molar-refractivity contribution in [2.45, 2.75) is 26.0 Å². The molecule has 1 aliphatic heterocycles. The molecule has 0 spiro atoms. The number of hydrogen-bond donors (Lipinski definition) is 0. The molecule has 1 aromatic heterocycles. The summed E-state index contributed by atoms with van der Waals surface area (Å²) in [6, 6.07) is 18.9. The lowest BCUT2D eigenvalue weighted by Crippen LogP contribution is -2.40. The van der Waals surface area contributed by atoms with Gasteiger partial charge < -0.3 is 9.47 Å². The van der Waals surface area contributed by atoms with E-state index in [0.29, 0.717) is 43.9 Å². The van der Waals surface area contributed by atoms with Gasteiger partial charge in [-0.05, 0) is 58.9 Å². The van der Waals surface area contributed by atoms with Crippen LogP contribution in [-0.4, -0.2) is 17.6 Å². The van der Waals surface area contributed by atoms with E-state index in [4.69, 9.17) is 14.5 Å². The van der Waals surface area contributed by atoms with Crippen LogP contribution in [0.25, 0.3) is 6.08 Å². The summed E-state index contributed by atoms with van der Waals surface area (Å²) in [7, 11) is 1.33. The quantitative estimate of drug-likeness (QED) is 0.176. The second-order valence-electron chi connectivity index (χ2n) is 8.88. The number of nitrogens with zero attached hydrogens (tertiary/aromatic N) is 2. The molecule has 0 unspecified atom stereocenters. The zero-order chi connectivity index (χ0) is 28.4. The number of allylic oxidation sites excluding steroid dienone is 1. The lowest BCUT2D eigenvalue weighted by atomic mass is 9.95. The molecule has 2 heterocycles. The first-order valence-corrected chi connectivity index (χ1v) is 15.0. The number of aromatic nitrogens is 1. The zero-order valence-corrected chi connectivity index (χ0v) is 26.0. The van der Waals surface area contributed by atoms with Crippen molar-refractivity contribution in [3.8, 4) is 5.75 Å². The molecule has 40 heavy (non-hydrogen) atoms. The fraction of sp³-hybridized carbons (Fsp3) is 0.167. The SMILES string of the molecule is CCC1=C(C(=O)OC)[C@@H](c2ccccc2)n2c(s/c(=C/c3cc(Br)cc(I)c3OCc3ccccc3F)c2=O)=N1. The largest absolute Gasteiger partial charge is 0.487 e. The maximum Gasteiger partial charge on any atom is 0.338 e. The first-order chi connectivity index (χ1) is 19.3. The van der Waals surface area contributed by atoms with Crippen molar-refractivity contribution in [2.24, 2.45) is 4.99 Å². The molecule has 5 rings (SSSR count). The van der Waals surface area contributed by atoms with Crippen LogP contribution in [0.15, 0.2) is 92.3 Å². The van der Waals surface area contributed by atoms with Gasteiger partial charge in [0.1, 0.15) is 18.2 Å². The Labute approximate surface area is 255 Å². The molecule has 1 atom stereocenters. The molecule has 3 aromatic carbocycles. The van der Waals surface area contributed by atoms with Gasteiger partial charge in [0, 0.05) is 15.6 Å². The summed E-state index contributed by atoms with van der Waals surface area (Å²) < 4.78 is 29.0. The first-order valence-electron chi connectivity index (χ1n) is 12.4. The van der Waals surface area contributed by atoms with Gasteiger partial charge in [0.05, 0.1) is 32.5 Å². The summed E-state index contributed by atoms with van der Waals surface area (Å²) in [6.45, 7) is 1.95. The van der Waals surface area contributed by atoms with E-state index in [-0.39, 0.29) is 18.0 Å². The molecule has 0 amide bonds. The zero-order valence-electron chi connectivity index (χ0n) is 21.5. The first kappa shape index (κ1) is 28.4. The number of carbonyl (C=O) groups is 1. The Hall–Kier alpha value is -3.09. The Morgan fingerprint density at radius 1 is 1.18 bits per heavy atom. The topological polar surface area (TPSA) is 69.9 Å². The van der Waals surface area contributed by atoms with Crippen molar-refractivity contribution >= 4 is 61.9 Å². The average molecular weight is 733 g/mol. The van der Waals surface area contributed by atoms with Crippen LogP contribution < -0.4 is 19.6 Å². The summed E-state index contributed by atoms with van der Waals surface area (Å²) >= 11 is 6.94. The standard InChI is InChI=1S/C30H23BrFIN2O4S/c1-3-23-25(29(37)38-2)26(17-9-5-4-6-10-17)35-28(36)24(40-30(35)34-23)14-19-13-20(31)15-22(33)27(19)39-16-18-11-7-8-12-21(18)32/h4-15,26H,3,16H2,1-2H3/b24-14+/t26-/m1/s1. The fourth-order valence-electron chi connectivity index (χ4n) is 4.56. The third-order valence-electron chi connectivity index (χ3n) is 6.42. The number of methoxy groups -OCH3 is 1. The molecule has 0 saturated carbocycles. The maximum absolute atomic E-state index is 14.3. The Balaban J connectivity index is 1.67. The number of esters is 1. The average Bonchev–Trinajstić information content (AvgIpc) is 3.26. The highest BCUT2D eigenvalue weighted by Gasteiger charge is 2.33. The molecule has 4 aromatic rings. The van der Waals surface area contributed by atoms with Gasteiger partial charge in [-0.1, -0.05) is 82.7 Å². The van der Waals surface area contributed by atoms with Gasteiger partial charge in [0.2, 0.25) is 0 Å². The van der Waals surface area contributed by atoms with Crippen molar-refractivity contribution in [1.29, 1.82) is 0 Å². The molecule has 0 bridgehead atoms. The van der Waals surface area contributed by atoms with E-state index in [1.807, 2.05) is 49.4 Å². The van der Waals surface area contributed by atoms with Gasteiger partial charge >= 0.3 is 5.97 Å². The Morgan fingerprint density at radius 2 is 1.90 bits per heavy atom. The normalized spacial score (nSPS) is 15.0. The van der Waals surface area contributed by atoms with Crippen LogP contribution in [0.2, 0.25) is 0 Å². The molecule has 204 valence electrons. The number of fused-ring (bicyclic) bond motifs is 1. The van der Waals surface area contributed by atoms with Crippen molar-refractivity contribution in [2.75, 3.05) is 7.11 Å². The molecule has 0 aliphatic carbocycles. The van der Waals surface area contributed by atoms with E-state index in [9.17, 15) is 14.0 Å². The lowest BCUT2D eigenvalue weighted by molar-refractivity contribution is -0.136. The third kappa shape index (κ3) is 5.57. The number of halogens is 3. The van der Waals surface area contributed by atoms with Gasteiger partial charge in [-0.25, -0.2) is 14.2 Å². The molecular weight excluding hydrogens is 710 g/mol. The van der Waals surface area contributed by atoms with E-state index in [0.717, 1.165) is 13.6 Å². The Morgan fingerprint density at radius 3 is 2.60 bits per heavy atom. The minimum atomic E-state index is -0.679. The summed E-state index contributed by atoms with van der Waals surface area (Å²) in [5, 5.41) is 0. The van der Waals surface area contributed by atoms with Gasteiger partial charge in [-0.3, -0.25) is 9.36 Å². The van der Waals surface area contributed by atoms with Gasteiger partial charge in [-0.15, -0.1) is 0 Å². The third-order valence-corrected chi connectivity index (χ3v) is 8.66. The molecule has 0 saturated heterocycles. The van der Waals surface area contributed by atoms with Gasteiger partial charge in [0.15, 0.2) is 4.80 Å². The van der Waals surface area contributed by atoms with Crippen LogP contribution in [0.1, 0.15) is 36.1 Å². The van der Waals surface area contributed by atoms with E-state index in [1.165, 1.54) is 24.5 Å². The Bertz CT molecular complexity index is 1820. The number of rotatable bonds is 7. The summed E-state index contributed by atoms with van der Waals surface area (Å²) in [4.78, 5) is 32.1. The predicted molar refractivity (Wildman–Crippen MR) is 164 cm³/mol. The number of ether oxygens (including phenoxy) is 2. The van der Waals surface area contributed by atoms with Crippen LogP contribution in [0.3, 0.4) is 0 Å². The number of hydrogen-bond acceptors (Lipinski definition) is 6. The van der Waals surface area contributed by atoms with Crippen LogP contribution in [0.5, 0.6) is 5.75 Å². The molecule has 0 fully saturated rings. The van der Waals surface area contributed by atoms with Crippen molar-refractivity contribution in [1.82, 2.24) is 4.57 Å². The lowest BCUT2D eigenvalue weighted by Gasteiger charge is -2.25. The second kappa shape index (κ2) is 12.2. The summed E-state index contributed by atoms with van der Waals surface area (Å²) in [5.41, 5.74) is 2.50. The predicted octanol–water partition coefficient (Wildman–Crippen LogP) is 5.88. The van der Waals surface area contributed by atoms with Gasteiger partial charge in [0.25, 0.3) is 5.56 Å². The highest BCUT2D eigenvalue weighted by atomic mass is 127. The number of thiazole rings is 1. The highest BCUT2D eigenvalue weighted by molar-refractivity contribution is 14.1. The highest BCUT2D eigenvalue weighted by Crippen LogP contribution is 2.33. The van der Waals surface area contributed by atoms with Crippen LogP contribution in [-0.2, 0) is 16.1 Å². The number of benzene rings is 3. The minimum absolute atomic E-state index is 0.0305. The monoisotopic (exact) mass is 732 g/mol. The van der Waals surface area contributed by atoms with E-state index >= 15 is 0 Å². The second-order valence-corrected chi connectivity index (χ2v) is 12.0. The molecule has 0 N–H and O–H groups in total. The fourth-order valence-corrected chi connectivity index (χ4v) is 7.28. The number of carbonyl (C=O) groups excluding carboxylic acids is 1. The smallest absolute Gasteiger partial charge is 0.338 e. The van der Waals surface area contributed by atoms with Crippen LogP contribution in [0.4, 0.5) is 4.39 Å². The molecular formula is C30H23BrFIN2O4S. The van der Waals surface area contributed by atoms with E-state index in [1.54, 1.807) is 28.8 Å². The maximum atomic E-state index is 14.3. The molecule has 0 radical (unpaired) electrons. The Kier molecular flexibility index (Phi) is 8.67. The summed E-state index contributed by atoms with van der Waals surface area (Å²) in [6.07, 6.45) is 2.25. The van der Waals surface area contributed by atoms with Crippen molar-refractivity contribution < 1.29 is 18.7 Å².